The van der Waals surface area contributed by atoms with E-state index in [-0.39, 0.29) is 11.7 Å². The standard InChI is InChI=1S/C24H39N6O15P3/c1-15(31)8-4-5-9-17(32)25-10-6-7-11-26-21-18-22(28-13-27-21)30(14-29-18)23-20-19(42-24(2,3)43-20)16(41-23)12-40-47(36,37)45-48(38,39)44-46(33,34)35/h13-14,16,19-20,23H,4-12H2,1-3H3,(H,25,32)(H,36,37)(H,38,39)(H,26,27,28)(H2,33,34,35)/t16-,19-,20-,23-/m1/s1. The first kappa shape index (κ1) is 38.6. The first-order valence-corrected chi connectivity index (χ1v) is 19.3. The van der Waals surface area contributed by atoms with Crippen molar-refractivity contribution in [1.29, 1.82) is 0 Å². The molecule has 2 aliphatic rings. The quantitative estimate of drug-likeness (QED) is 0.0886. The number of unbranched alkanes of at least 4 members (excludes halogenated alkanes) is 2. The number of hydrogen-bond acceptors (Lipinski definition) is 15. The largest absolute Gasteiger partial charge is 0.490 e. The van der Waals surface area contributed by atoms with Crippen molar-refractivity contribution in [1.82, 2.24) is 24.8 Å². The predicted molar refractivity (Wildman–Crippen MR) is 163 cm³/mol. The number of hydrogen-bond donors (Lipinski definition) is 6. The number of carbonyl (C=O) groups is 2. The summed E-state index contributed by atoms with van der Waals surface area (Å²) < 4.78 is 66.8. The van der Waals surface area contributed by atoms with E-state index in [4.69, 9.17) is 28.5 Å². The smallest absolute Gasteiger partial charge is 0.368 e. The zero-order valence-electron chi connectivity index (χ0n) is 26.2. The van der Waals surface area contributed by atoms with Gasteiger partial charge in [-0.25, -0.2) is 28.6 Å². The number of rotatable bonds is 19. The molecule has 1 amide bonds. The number of ketones is 1. The molecule has 2 aliphatic heterocycles. The van der Waals surface area contributed by atoms with Crippen LogP contribution in [0.25, 0.3) is 11.2 Å². The van der Waals surface area contributed by atoms with Crippen molar-refractivity contribution >= 4 is 52.1 Å². The molecular formula is C24H39N6O15P3. The van der Waals surface area contributed by atoms with E-state index in [1.54, 1.807) is 18.4 Å². The fourth-order valence-electron chi connectivity index (χ4n) is 5.09. The molecule has 21 nitrogen and oxygen atoms in total. The van der Waals surface area contributed by atoms with Gasteiger partial charge in [-0.3, -0.25) is 13.9 Å². The SMILES string of the molecule is CC(=O)CCCCC(=O)NCCCCNc1ncnc2c1ncn2[C@@H]1O[C@H](COP(=O)(O)OP(=O)(O)OP(=O)(O)O)[C@H]2OC(C)(C)O[C@H]21. The molecule has 270 valence electrons. The summed E-state index contributed by atoms with van der Waals surface area (Å²) in [6.07, 6.45) is 2.67. The Hall–Kier alpha value is -2.22. The Morgan fingerprint density at radius 3 is 2.33 bits per heavy atom. The van der Waals surface area contributed by atoms with Crippen molar-refractivity contribution in [2.24, 2.45) is 0 Å². The van der Waals surface area contributed by atoms with Crippen LogP contribution in [-0.4, -0.2) is 94.6 Å². The molecule has 6 N–H and O–H groups in total. The molecule has 0 bridgehead atoms. The number of nitrogens with one attached hydrogen (secondary N) is 2. The Morgan fingerprint density at radius 2 is 1.62 bits per heavy atom. The van der Waals surface area contributed by atoms with E-state index < -0.39 is 60.4 Å². The van der Waals surface area contributed by atoms with Crippen molar-refractivity contribution in [2.45, 2.75) is 89.6 Å². The summed E-state index contributed by atoms with van der Waals surface area (Å²) in [5.74, 6) is -0.613. The molecule has 0 radical (unpaired) electrons. The Bertz CT molecular complexity index is 1600. The van der Waals surface area contributed by atoms with Crippen molar-refractivity contribution in [3.05, 3.63) is 12.7 Å². The number of anilines is 1. The number of phosphoric ester groups is 1. The maximum atomic E-state index is 12.3. The van der Waals surface area contributed by atoms with E-state index >= 15 is 0 Å². The maximum Gasteiger partial charge on any atom is 0.490 e. The minimum atomic E-state index is -5.71. The molecular weight excluding hydrogens is 705 g/mol. The van der Waals surface area contributed by atoms with E-state index in [2.05, 4.69) is 34.2 Å². The molecule has 48 heavy (non-hydrogen) atoms. The van der Waals surface area contributed by atoms with Gasteiger partial charge in [-0.05, 0) is 46.5 Å². The third-order valence-corrected chi connectivity index (χ3v) is 10.8. The lowest BCUT2D eigenvalue weighted by atomic mass is 10.1. The van der Waals surface area contributed by atoms with Gasteiger partial charge < -0.3 is 49.2 Å². The number of imidazole rings is 1. The van der Waals surface area contributed by atoms with Gasteiger partial charge in [0.2, 0.25) is 5.91 Å². The third-order valence-electron chi connectivity index (χ3n) is 6.98. The Labute approximate surface area is 274 Å². The van der Waals surface area contributed by atoms with Gasteiger partial charge in [-0.1, -0.05) is 0 Å². The first-order valence-electron chi connectivity index (χ1n) is 14.8. The lowest BCUT2D eigenvalue weighted by Crippen LogP contribution is -2.32. The minimum Gasteiger partial charge on any atom is -0.368 e. The van der Waals surface area contributed by atoms with Gasteiger partial charge in [-0.2, -0.15) is 8.62 Å². The molecule has 2 fully saturated rings. The summed E-state index contributed by atoms with van der Waals surface area (Å²) in [5.41, 5.74) is 0.765. The molecule has 2 saturated heterocycles. The molecule has 2 unspecified atom stereocenters. The number of nitrogens with zero attached hydrogens (tertiary/aromatic N) is 4. The average Bonchev–Trinajstić information content (AvgIpc) is 3.60. The topological polar surface area (TPSA) is 289 Å². The fraction of sp³-hybridized carbons (Fsp3) is 0.708. The Balaban J connectivity index is 1.34. The summed E-state index contributed by atoms with van der Waals surface area (Å²) in [6.45, 7) is 5.09. The fourth-order valence-corrected chi connectivity index (χ4v) is 8.12. The second kappa shape index (κ2) is 15.8. The zero-order chi connectivity index (χ0) is 35.3. The van der Waals surface area contributed by atoms with E-state index in [9.17, 15) is 33.1 Å². The Morgan fingerprint density at radius 1 is 0.938 bits per heavy atom. The van der Waals surface area contributed by atoms with Crippen LogP contribution < -0.4 is 10.6 Å². The summed E-state index contributed by atoms with van der Waals surface area (Å²) in [5, 5.41) is 6.07. The lowest BCUT2D eigenvalue weighted by molar-refractivity contribution is -0.199. The summed E-state index contributed by atoms with van der Waals surface area (Å²) >= 11 is 0. The molecule has 6 atom stereocenters. The highest BCUT2D eigenvalue weighted by atomic mass is 31.3. The molecule has 24 heteroatoms. The molecule has 4 rings (SSSR count). The number of aromatic nitrogens is 4. The zero-order valence-corrected chi connectivity index (χ0v) is 28.9. The van der Waals surface area contributed by atoms with Crippen LogP contribution in [0.15, 0.2) is 12.7 Å². The molecule has 2 aromatic heterocycles. The van der Waals surface area contributed by atoms with Gasteiger partial charge >= 0.3 is 23.5 Å². The van der Waals surface area contributed by atoms with Crippen LogP contribution in [0, 0.1) is 0 Å². The summed E-state index contributed by atoms with van der Waals surface area (Å²) in [7, 11) is -16.7. The summed E-state index contributed by atoms with van der Waals surface area (Å²) in [6, 6.07) is 0. The molecule has 0 spiro atoms. The highest BCUT2D eigenvalue weighted by Gasteiger charge is 2.57. The maximum absolute atomic E-state index is 12.3. The van der Waals surface area contributed by atoms with Crippen LogP contribution in [-0.2, 0) is 50.6 Å². The number of amides is 1. The molecule has 0 aliphatic carbocycles. The molecule has 0 saturated carbocycles. The number of fused-ring (bicyclic) bond motifs is 2. The Kier molecular flexibility index (Phi) is 12.7. The van der Waals surface area contributed by atoms with E-state index in [1.807, 2.05) is 0 Å². The predicted octanol–water partition coefficient (Wildman–Crippen LogP) is 2.04. The molecule has 0 aromatic carbocycles. The van der Waals surface area contributed by atoms with Crippen LogP contribution >= 0.6 is 23.5 Å². The van der Waals surface area contributed by atoms with Crippen molar-refractivity contribution < 1.29 is 70.2 Å². The number of ether oxygens (including phenoxy) is 3. The van der Waals surface area contributed by atoms with E-state index in [0.717, 1.165) is 0 Å². The van der Waals surface area contributed by atoms with Gasteiger partial charge in [-0.15, -0.1) is 0 Å². The third kappa shape index (κ3) is 11.1. The van der Waals surface area contributed by atoms with Crippen molar-refractivity contribution in [3.8, 4) is 0 Å². The van der Waals surface area contributed by atoms with Gasteiger partial charge in [0.1, 0.15) is 30.4 Å². The average molecular weight is 745 g/mol. The minimum absolute atomic E-state index is 0.0535. The number of carbonyl (C=O) groups excluding carboxylic acids is 2. The van der Waals surface area contributed by atoms with Crippen LogP contribution in [0.3, 0.4) is 0 Å². The monoisotopic (exact) mass is 744 g/mol. The van der Waals surface area contributed by atoms with Gasteiger partial charge in [0.15, 0.2) is 29.0 Å². The van der Waals surface area contributed by atoms with Crippen LogP contribution in [0.2, 0.25) is 0 Å². The normalized spacial score (nSPS) is 24.6. The van der Waals surface area contributed by atoms with Gasteiger partial charge in [0.05, 0.1) is 12.9 Å². The second-order valence-corrected chi connectivity index (χ2v) is 15.9. The van der Waals surface area contributed by atoms with Crippen LogP contribution in [0.5, 0.6) is 0 Å². The van der Waals surface area contributed by atoms with Crippen LogP contribution in [0.4, 0.5) is 5.82 Å². The summed E-state index contributed by atoms with van der Waals surface area (Å²) in [4.78, 5) is 72.8. The van der Waals surface area contributed by atoms with Gasteiger partial charge in [0, 0.05) is 25.9 Å². The first-order chi connectivity index (χ1) is 22.3. The lowest BCUT2D eigenvalue weighted by Gasteiger charge is -2.25. The number of phosphoric acid groups is 3. The highest BCUT2D eigenvalue weighted by molar-refractivity contribution is 7.66. The highest BCUT2D eigenvalue weighted by Crippen LogP contribution is 2.66. The van der Waals surface area contributed by atoms with Crippen molar-refractivity contribution in [3.63, 3.8) is 0 Å². The van der Waals surface area contributed by atoms with Crippen LogP contribution in [0.1, 0.15) is 65.5 Å². The number of Topliss-reactive ketones (excluding diaryl/α,β-unsaturated/α-hetero) is 1. The molecule has 2 aromatic rings. The van der Waals surface area contributed by atoms with Crippen molar-refractivity contribution in [2.75, 3.05) is 25.0 Å². The second-order valence-electron chi connectivity index (χ2n) is 11.5. The van der Waals surface area contributed by atoms with Gasteiger partial charge in [0.25, 0.3) is 0 Å². The van der Waals surface area contributed by atoms with E-state index in [1.165, 1.54) is 19.6 Å². The molecule has 4 heterocycles. The van der Waals surface area contributed by atoms with E-state index in [0.29, 0.717) is 68.6 Å².